The van der Waals surface area contributed by atoms with Crippen LogP contribution in [0, 0.1) is 0 Å². The van der Waals surface area contributed by atoms with E-state index in [1.165, 1.54) is 18.2 Å². The Morgan fingerprint density at radius 2 is 2.14 bits per heavy atom. The molecule has 0 spiro atoms. The van der Waals surface area contributed by atoms with Gasteiger partial charge in [0, 0.05) is 24.0 Å². The molecule has 1 aromatic heterocycles. The first-order valence-electron chi connectivity index (χ1n) is 6.01. The highest BCUT2D eigenvalue weighted by Gasteiger charge is 2.09. The number of carboxylic acids is 1. The van der Waals surface area contributed by atoms with E-state index in [2.05, 4.69) is 15.7 Å². The number of halogens is 1. The molecule has 0 aliphatic heterocycles. The molecule has 7 nitrogen and oxygen atoms in total. The molecule has 0 aliphatic carbocycles. The van der Waals surface area contributed by atoms with Gasteiger partial charge in [-0.2, -0.15) is 5.10 Å². The molecule has 1 aromatic carbocycles. The zero-order chi connectivity index (χ0) is 15.4. The summed E-state index contributed by atoms with van der Waals surface area (Å²) in [6, 6.07) is 5.41. The lowest BCUT2D eigenvalue weighted by Gasteiger charge is -2.08. The summed E-state index contributed by atoms with van der Waals surface area (Å²) in [4.78, 5) is 22.6. The van der Waals surface area contributed by atoms with E-state index in [4.69, 9.17) is 16.7 Å². The third-order valence-corrected chi connectivity index (χ3v) is 2.82. The van der Waals surface area contributed by atoms with Crippen LogP contribution >= 0.6 is 11.6 Å². The SMILES string of the molecule is Cn1ccc(CNC(=O)Nc2cc(Cl)cc(C(=O)O)c2)n1. The fourth-order valence-corrected chi connectivity index (χ4v) is 1.92. The smallest absolute Gasteiger partial charge is 0.335 e. The highest BCUT2D eigenvalue weighted by molar-refractivity contribution is 6.31. The van der Waals surface area contributed by atoms with E-state index in [0.717, 1.165) is 0 Å². The number of carbonyl (C=O) groups is 2. The summed E-state index contributed by atoms with van der Waals surface area (Å²) >= 11 is 5.81. The minimum Gasteiger partial charge on any atom is -0.478 e. The molecule has 0 fully saturated rings. The highest BCUT2D eigenvalue weighted by Crippen LogP contribution is 2.19. The van der Waals surface area contributed by atoms with E-state index in [0.29, 0.717) is 11.4 Å². The van der Waals surface area contributed by atoms with Crippen molar-refractivity contribution in [2.75, 3.05) is 5.32 Å². The van der Waals surface area contributed by atoms with Gasteiger partial charge in [-0.25, -0.2) is 9.59 Å². The number of carboxylic acid groups (broad SMARTS) is 1. The normalized spacial score (nSPS) is 10.2. The van der Waals surface area contributed by atoms with Crippen molar-refractivity contribution >= 4 is 29.3 Å². The van der Waals surface area contributed by atoms with Crippen LogP contribution in [0.15, 0.2) is 30.5 Å². The van der Waals surface area contributed by atoms with E-state index in [-0.39, 0.29) is 17.1 Å². The van der Waals surface area contributed by atoms with Crippen molar-refractivity contribution in [2.24, 2.45) is 7.05 Å². The van der Waals surface area contributed by atoms with E-state index < -0.39 is 12.0 Å². The maximum atomic E-state index is 11.7. The molecule has 2 aromatic rings. The molecule has 0 radical (unpaired) electrons. The van der Waals surface area contributed by atoms with Crippen LogP contribution in [0.1, 0.15) is 16.1 Å². The van der Waals surface area contributed by atoms with E-state index >= 15 is 0 Å². The van der Waals surface area contributed by atoms with Gasteiger partial charge in [-0.15, -0.1) is 0 Å². The van der Waals surface area contributed by atoms with Crippen LogP contribution in [0.4, 0.5) is 10.5 Å². The van der Waals surface area contributed by atoms with Gasteiger partial charge in [-0.1, -0.05) is 11.6 Å². The summed E-state index contributed by atoms with van der Waals surface area (Å²) < 4.78 is 1.63. The van der Waals surface area contributed by atoms with Crippen molar-refractivity contribution in [2.45, 2.75) is 6.54 Å². The van der Waals surface area contributed by atoms with E-state index in [9.17, 15) is 9.59 Å². The lowest BCUT2D eigenvalue weighted by Crippen LogP contribution is -2.28. The number of nitrogens with zero attached hydrogens (tertiary/aromatic N) is 2. The molecule has 2 amide bonds. The Hall–Kier alpha value is -2.54. The number of carbonyl (C=O) groups excluding carboxylic acids is 1. The predicted molar refractivity (Wildman–Crippen MR) is 77.5 cm³/mol. The molecule has 0 bridgehead atoms. The number of urea groups is 1. The predicted octanol–water partition coefficient (Wildman–Crippen LogP) is 2.09. The zero-order valence-corrected chi connectivity index (χ0v) is 11.9. The maximum absolute atomic E-state index is 11.7. The molecule has 1 heterocycles. The summed E-state index contributed by atoms with van der Waals surface area (Å²) in [5.74, 6) is -1.12. The van der Waals surface area contributed by atoms with Gasteiger partial charge in [0.25, 0.3) is 0 Å². The largest absolute Gasteiger partial charge is 0.478 e. The number of aromatic nitrogens is 2. The van der Waals surface area contributed by atoms with E-state index in [1.807, 2.05) is 0 Å². The van der Waals surface area contributed by atoms with Crippen molar-refractivity contribution in [3.63, 3.8) is 0 Å². The van der Waals surface area contributed by atoms with Gasteiger partial charge in [0.05, 0.1) is 17.8 Å². The Kier molecular flexibility index (Phi) is 4.44. The minimum atomic E-state index is -1.12. The number of amides is 2. The molecule has 0 atom stereocenters. The average molecular weight is 309 g/mol. The molecule has 0 saturated heterocycles. The second-order valence-corrected chi connectivity index (χ2v) is 4.76. The molecule has 0 unspecified atom stereocenters. The van der Waals surface area contributed by atoms with Gasteiger partial charge < -0.3 is 15.7 Å². The van der Waals surface area contributed by atoms with Crippen LogP contribution in [0.25, 0.3) is 0 Å². The molecular weight excluding hydrogens is 296 g/mol. The van der Waals surface area contributed by atoms with Crippen LogP contribution < -0.4 is 10.6 Å². The van der Waals surface area contributed by atoms with Crippen LogP contribution in [0.3, 0.4) is 0 Å². The van der Waals surface area contributed by atoms with Gasteiger partial charge in [0.1, 0.15) is 0 Å². The molecular formula is C13H13ClN4O3. The van der Waals surface area contributed by atoms with Crippen LogP contribution in [0.2, 0.25) is 5.02 Å². The summed E-state index contributed by atoms with van der Waals surface area (Å²) in [7, 11) is 1.78. The summed E-state index contributed by atoms with van der Waals surface area (Å²) in [6.07, 6.45) is 1.77. The molecule has 2 rings (SSSR count). The van der Waals surface area contributed by atoms with Crippen molar-refractivity contribution in [1.29, 1.82) is 0 Å². The van der Waals surface area contributed by atoms with Crippen molar-refractivity contribution in [1.82, 2.24) is 15.1 Å². The number of aryl methyl sites for hydroxylation is 1. The Morgan fingerprint density at radius 1 is 1.38 bits per heavy atom. The summed E-state index contributed by atoms with van der Waals surface area (Å²) in [5, 5.41) is 18.4. The number of rotatable bonds is 4. The van der Waals surface area contributed by atoms with E-state index in [1.54, 1.807) is 24.0 Å². The summed E-state index contributed by atoms with van der Waals surface area (Å²) in [5.41, 5.74) is 1.02. The number of anilines is 1. The Balaban J connectivity index is 1.97. The lowest BCUT2D eigenvalue weighted by atomic mass is 10.2. The zero-order valence-electron chi connectivity index (χ0n) is 11.1. The average Bonchev–Trinajstić information content (AvgIpc) is 2.81. The fourth-order valence-electron chi connectivity index (χ4n) is 1.69. The van der Waals surface area contributed by atoms with Gasteiger partial charge >= 0.3 is 12.0 Å². The summed E-state index contributed by atoms with van der Waals surface area (Å²) in [6.45, 7) is 0.263. The monoisotopic (exact) mass is 308 g/mol. The van der Waals surface area contributed by atoms with Gasteiger partial charge in [0.2, 0.25) is 0 Å². The van der Waals surface area contributed by atoms with Gasteiger partial charge in [-0.05, 0) is 24.3 Å². The first-order valence-corrected chi connectivity index (χ1v) is 6.39. The number of hydrogen-bond acceptors (Lipinski definition) is 3. The fraction of sp³-hybridized carbons (Fsp3) is 0.154. The minimum absolute atomic E-state index is 0.00234. The topological polar surface area (TPSA) is 96.2 Å². The van der Waals surface area contributed by atoms with Crippen LogP contribution in [-0.4, -0.2) is 26.9 Å². The van der Waals surface area contributed by atoms with Crippen LogP contribution in [0.5, 0.6) is 0 Å². The maximum Gasteiger partial charge on any atom is 0.335 e. The second kappa shape index (κ2) is 6.27. The number of hydrogen-bond donors (Lipinski definition) is 3. The van der Waals surface area contributed by atoms with Gasteiger partial charge in [0.15, 0.2) is 0 Å². The molecule has 3 N–H and O–H groups in total. The number of nitrogens with one attached hydrogen (secondary N) is 2. The lowest BCUT2D eigenvalue weighted by molar-refractivity contribution is 0.0697. The molecule has 0 saturated carbocycles. The van der Waals surface area contributed by atoms with Crippen molar-refractivity contribution in [3.8, 4) is 0 Å². The Morgan fingerprint density at radius 3 is 2.76 bits per heavy atom. The molecule has 8 heteroatoms. The first kappa shape index (κ1) is 14.9. The number of benzene rings is 1. The Bertz CT molecular complexity index is 684. The van der Waals surface area contributed by atoms with Crippen molar-refractivity contribution in [3.05, 3.63) is 46.7 Å². The third kappa shape index (κ3) is 4.22. The molecule has 0 aliphatic rings. The first-order chi connectivity index (χ1) is 9.94. The second-order valence-electron chi connectivity index (χ2n) is 4.32. The van der Waals surface area contributed by atoms with Crippen molar-refractivity contribution < 1.29 is 14.7 Å². The Labute approximate surface area is 125 Å². The standard InChI is InChI=1S/C13H13ClN4O3/c1-18-3-2-10(17-18)7-15-13(21)16-11-5-8(12(19)20)4-9(14)6-11/h2-6H,7H2,1H3,(H,19,20)(H2,15,16,21). The van der Waals surface area contributed by atoms with Gasteiger partial charge in [-0.3, -0.25) is 4.68 Å². The quantitative estimate of drug-likeness (QED) is 0.805. The highest BCUT2D eigenvalue weighted by atomic mass is 35.5. The third-order valence-electron chi connectivity index (χ3n) is 2.60. The molecule has 21 heavy (non-hydrogen) atoms. The van der Waals surface area contributed by atoms with Crippen LogP contribution in [-0.2, 0) is 13.6 Å². The number of aromatic carboxylic acids is 1. The molecule has 110 valence electrons.